The zero-order chi connectivity index (χ0) is 30.9. The third kappa shape index (κ3) is 7.48. The van der Waals surface area contributed by atoms with Crippen LogP contribution < -0.4 is 5.46 Å². The van der Waals surface area contributed by atoms with Gasteiger partial charge in [0.05, 0.1) is 23.3 Å². The molecule has 1 unspecified atom stereocenters. The van der Waals surface area contributed by atoms with Crippen LogP contribution in [0, 0.1) is 0 Å². The Balaban J connectivity index is 1.53. The second kappa shape index (κ2) is 12.4. The highest BCUT2D eigenvalue weighted by Crippen LogP contribution is 2.39. The van der Waals surface area contributed by atoms with E-state index < -0.39 is 26.6 Å². The molecule has 2 fully saturated rings. The number of amides is 1. The first-order valence-corrected chi connectivity index (χ1v) is 18.2. The van der Waals surface area contributed by atoms with Crippen molar-refractivity contribution < 1.29 is 23.3 Å². The number of ether oxygens (including phenoxy) is 1. The van der Waals surface area contributed by atoms with E-state index in [2.05, 4.69) is 78.6 Å². The predicted octanol–water partition coefficient (Wildman–Crippen LogP) is 6.39. The van der Waals surface area contributed by atoms with E-state index >= 15 is 0 Å². The Bertz CT molecular complexity index is 1200. The molecule has 0 aromatic heterocycles. The largest absolute Gasteiger partial charge is 0.494 e. The Kier molecular flexibility index (Phi) is 9.70. The van der Waals surface area contributed by atoms with Gasteiger partial charge in [-0.3, -0.25) is 4.90 Å². The summed E-state index contributed by atoms with van der Waals surface area (Å²) in [5, 5.41) is 0.166. The topological polar surface area (TPSA) is 60.5 Å². The fourth-order valence-electron chi connectivity index (χ4n) is 5.19. The van der Waals surface area contributed by atoms with Gasteiger partial charge in [0, 0.05) is 26.7 Å². The monoisotopic (exact) mass is 594 g/mol. The summed E-state index contributed by atoms with van der Waals surface area (Å²) in [6.07, 6.45) is 0.853. The predicted molar refractivity (Wildman–Crippen MR) is 172 cm³/mol. The van der Waals surface area contributed by atoms with Crippen LogP contribution in [-0.4, -0.2) is 75.3 Å². The summed E-state index contributed by atoms with van der Waals surface area (Å²) in [5.74, 6) is 0. The Morgan fingerprint density at radius 2 is 1.71 bits per heavy atom. The molecule has 0 saturated carbocycles. The third-order valence-electron chi connectivity index (χ3n) is 9.71. The molecule has 0 spiro atoms. The van der Waals surface area contributed by atoms with Crippen molar-refractivity contribution in [2.45, 2.75) is 103 Å². The summed E-state index contributed by atoms with van der Waals surface area (Å²) in [6.45, 7) is 22.4. The number of likely N-dealkylation sites (tertiary alicyclic amines) is 1. The van der Waals surface area contributed by atoms with Crippen molar-refractivity contribution in [3.8, 4) is 0 Å². The molecular formula is C33H51BN2O5Si. The van der Waals surface area contributed by atoms with Crippen molar-refractivity contribution >= 4 is 27.0 Å². The Morgan fingerprint density at radius 1 is 1.07 bits per heavy atom. The van der Waals surface area contributed by atoms with E-state index in [9.17, 15) is 4.79 Å². The molecule has 7 nitrogen and oxygen atoms in total. The van der Waals surface area contributed by atoms with Crippen molar-refractivity contribution in [1.82, 2.24) is 9.80 Å². The number of hydrogen-bond acceptors (Lipinski definition) is 6. The summed E-state index contributed by atoms with van der Waals surface area (Å²) in [6, 6.07) is 17.8. The van der Waals surface area contributed by atoms with Crippen LogP contribution in [0.15, 0.2) is 54.6 Å². The van der Waals surface area contributed by atoms with E-state index in [-0.39, 0.29) is 29.9 Å². The lowest BCUT2D eigenvalue weighted by Crippen LogP contribution is -2.45. The van der Waals surface area contributed by atoms with Crippen molar-refractivity contribution in [1.29, 1.82) is 0 Å². The van der Waals surface area contributed by atoms with Crippen molar-refractivity contribution in [2.75, 3.05) is 26.7 Å². The zero-order valence-corrected chi connectivity index (χ0v) is 28.4. The molecule has 2 heterocycles. The molecule has 42 heavy (non-hydrogen) atoms. The van der Waals surface area contributed by atoms with Gasteiger partial charge in [0.25, 0.3) is 0 Å². The zero-order valence-electron chi connectivity index (χ0n) is 27.4. The highest BCUT2D eigenvalue weighted by Gasteiger charge is 2.52. The molecule has 9 heteroatoms. The molecule has 2 aromatic rings. The molecule has 2 saturated heterocycles. The van der Waals surface area contributed by atoms with Crippen molar-refractivity contribution in [3.63, 3.8) is 0 Å². The van der Waals surface area contributed by atoms with Crippen LogP contribution in [0.3, 0.4) is 0 Å². The highest BCUT2D eigenvalue weighted by atomic mass is 28.4. The van der Waals surface area contributed by atoms with E-state index in [1.807, 2.05) is 49.5 Å². The van der Waals surface area contributed by atoms with Crippen LogP contribution in [0.2, 0.25) is 18.1 Å². The smallest absolute Gasteiger partial charge is 0.445 e. The number of benzene rings is 2. The molecule has 4 rings (SSSR count). The average molecular weight is 595 g/mol. The van der Waals surface area contributed by atoms with Crippen LogP contribution in [0.5, 0.6) is 0 Å². The van der Waals surface area contributed by atoms with Crippen LogP contribution in [0.25, 0.3) is 0 Å². The molecule has 230 valence electrons. The van der Waals surface area contributed by atoms with Gasteiger partial charge in [0.15, 0.2) is 8.32 Å². The van der Waals surface area contributed by atoms with Gasteiger partial charge < -0.3 is 23.4 Å². The number of rotatable bonds is 9. The Labute approximate surface area is 255 Å². The van der Waals surface area contributed by atoms with Gasteiger partial charge in [-0.1, -0.05) is 75.4 Å². The number of carbonyl (C=O) groups is 1. The fourth-order valence-corrected chi connectivity index (χ4v) is 6.57. The van der Waals surface area contributed by atoms with Crippen LogP contribution in [-0.2, 0) is 25.1 Å². The van der Waals surface area contributed by atoms with E-state index in [0.717, 1.165) is 36.1 Å². The van der Waals surface area contributed by atoms with Crippen LogP contribution >= 0.6 is 0 Å². The molecular weight excluding hydrogens is 543 g/mol. The van der Waals surface area contributed by atoms with E-state index in [0.29, 0.717) is 6.54 Å². The normalized spacial score (nSPS) is 21.4. The van der Waals surface area contributed by atoms with E-state index in [1.54, 1.807) is 4.90 Å². The molecule has 2 aliphatic rings. The number of nitrogens with zero attached hydrogens (tertiary/aromatic N) is 2. The summed E-state index contributed by atoms with van der Waals surface area (Å²) in [7, 11) is -0.511. The first-order chi connectivity index (χ1) is 19.5. The number of carbonyl (C=O) groups excluding carboxylic acids is 1. The molecule has 0 bridgehead atoms. The maximum absolute atomic E-state index is 13.4. The lowest BCUT2D eigenvalue weighted by atomic mass is 9.78. The summed E-state index contributed by atoms with van der Waals surface area (Å²) >= 11 is 0. The highest BCUT2D eigenvalue weighted by molar-refractivity contribution is 6.74. The minimum absolute atomic E-state index is 0.166. The first kappa shape index (κ1) is 32.7. The van der Waals surface area contributed by atoms with E-state index in [1.165, 1.54) is 0 Å². The number of likely N-dealkylation sites (N-methyl/N-ethyl adjacent to an activating group) is 1. The fraction of sp³-hybridized carbons (Fsp3) is 0.606. The lowest BCUT2D eigenvalue weighted by molar-refractivity contribution is 0.00578. The number of hydrogen-bond donors (Lipinski definition) is 0. The minimum Gasteiger partial charge on any atom is -0.445 e. The summed E-state index contributed by atoms with van der Waals surface area (Å²) in [5.41, 5.74) is 2.07. The van der Waals surface area contributed by atoms with Gasteiger partial charge in [-0.25, -0.2) is 4.79 Å². The molecule has 2 aromatic carbocycles. The quantitative estimate of drug-likeness (QED) is 0.314. The Hall–Kier alpha value is -2.17. The molecule has 2 atom stereocenters. The van der Waals surface area contributed by atoms with Gasteiger partial charge in [-0.15, -0.1) is 0 Å². The van der Waals surface area contributed by atoms with Gasteiger partial charge in [0.2, 0.25) is 0 Å². The summed E-state index contributed by atoms with van der Waals surface area (Å²) < 4.78 is 25.2. The minimum atomic E-state index is -1.87. The average Bonchev–Trinajstić information content (AvgIpc) is 3.44. The second-order valence-electron chi connectivity index (χ2n) is 14.5. The van der Waals surface area contributed by atoms with Crippen LogP contribution in [0.4, 0.5) is 4.79 Å². The van der Waals surface area contributed by atoms with Gasteiger partial charge in [-0.05, 0) is 68.8 Å². The van der Waals surface area contributed by atoms with Crippen LogP contribution in [0.1, 0.15) is 72.1 Å². The molecule has 0 aliphatic carbocycles. The SMILES string of the molecule is CN(C(=O)OCc1ccccc1)C(CN1CC[C@H](O[Si](C)(C)C(C)(C)C)C1)c1cccc(B2OC(C)(C)C(C)(C)O2)c1. The molecule has 0 radical (unpaired) electrons. The lowest BCUT2D eigenvalue weighted by Gasteiger charge is -2.38. The van der Waals surface area contributed by atoms with Gasteiger partial charge in [0.1, 0.15) is 6.61 Å². The van der Waals surface area contributed by atoms with Gasteiger partial charge >= 0.3 is 13.2 Å². The first-order valence-electron chi connectivity index (χ1n) is 15.3. The maximum Gasteiger partial charge on any atom is 0.494 e. The molecule has 2 aliphatic heterocycles. The third-order valence-corrected chi connectivity index (χ3v) is 14.2. The molecule has 1 amide bonds. The van der Waals surface area contributed by atoms with Crippen molar-refractivity contribution in [2.24, 2.45) is 0 Å². The van der Waals surface area contributed by atoms with Gasteiger partial charge in [-0.2, -0.15) is 0 Å². The van der Waals surface area contributed by atoms with Crippen molar-refractivity contribution in [3.05, 3.63) is 65.7 Å². The second-order valence-corrected chi connectivity index (χ2v) is 19.2. The maximum atomic E-state index is 13.4. The Morgan fingerprint density at radius 3 is 2.33 bits per heavy atom. The molecule has 0 N–H and O–H groups in total. The standard InChI is InChI=1S/C33H51BN2O5Si/c1-31(2,3)42(9,10)39-28-19-20-36(22-28)23-29(35(8)30(37)38-24-25-15-12-11-13-16-25)26-17-14-18-27(21-26)34-40-32(4,5)33(6,7)41-34/h11-18,21,28-29H,19-20,22-24H2,1-10H3/t28-,29?/m0/s1. The van der Waals surface area contributed by atoms with E-state index in [4.69, 9.17) is 18.5 Å². The summed E-state index contributed by atoms with van der Waals surface area (Å²) in [4.78, 5) is 17.5.